The van der Waals surface area contributed by atoms with E-state index in [1.165, 1.54) is 0 Å². The van der Waals surface area contributed by atoms with Crippen LogP contribution < -0.4 is 11.1 Å². The molecule has 1 saturated heterocycles. The Balaban J connectivity index is 2.17. The highest BCUT2D eigenvalue weighted by Crippen LogP contribution is 2.19. The Morgan fingerprint density at radius 2 is 2.19 bits per heavy atom. The zero-order chi connectivity index (χ0) is 11.8. The van der Waals surface area contributed by atoms with Crippen molar-refractivity contribution in [3.63, 3.8) is 0 Å². The molecule has 0 aliphatic carbocycles. The summed E-state index contributed by atoms with van der Waals surface area (Å²) in [5.41, 5.74) is 5.53. The number of nitrogens with one attached hydrogen (secondary N) is 1. The summed E-state index contributed by atoms with van der Waals surface area (Å²) in [5, 5.41) is 2.68. The number of nitrogens with zero attached hydrogens (tertiary/aromatic N) is 1. The number of hydrogen-bond acceptors (Lipinski definition) is 3. The third-order valence-electron chi connectivity index (χ3n) is 3.04. The highest BCUT2D eigenvalue weighted by molar-refractivity contribution is 5.78. The summed E-state index contributed by atoms with van der Waals surface area (Å²) in [5.74, 6) is 3.16. The first-order chi connectivity index (χ1) is 7.76. The number of piperidine rings is 1. The first kappa shape index (κ1) is 13.0. The van der Waals surface area contributed by atoms with Crippen molar-refractivity contribution < 1.29 is 4.79 Å². The van der Waals surface area contributed by atoms with Gasteiger partial charge in [-0.3, -0.25) is 9.69 Å². The normalized spacial score (nSPS) is 18.0. The van der Waals surface area contributed by atoms with Crippen molar-refractivity contribution >= 4 is 5.91 Å². The zero-order valence-electron chi connectivity index (χ0n) is 9.74. The van der Waals surface area contributed by atoms with E-state index in [1.54, 1.807) is 0 Å². The molecule has 0 bridgehead atoms. The number of rotatable bonds is 5. The number of likely N-dealkylation sites (tertiary alicyclic amines) is 1. The van der Waals surface area contributed by atoms with Crippen LogP contribution in [0.5, 0.6) is 0 Å². The van der Waals surface area contributed by atoms with Crippen LogP contribution in [0.3, 0.4) is 0 Å². The van der Waals surface area contributed by atoms with Crippen molar-refractivity contribution in [1.82, 2.24) is 10.2 Å². The van der Waals surface area contributed by atoms with Crippen molar-refractivity contribution in [3.8, 4) is 12.3 Å². The average molecular weight is 223 g/mol. The second-order valence-electron chi connectivity index (χ2n) is 4.28. The van der Waals surface area contributed by atoms with E-state index in [9.17, 15) is 4.79 Å². The van der Waals surface area contributed by atoms with E-state index in [4.69, 9.17) is 12.2 Å². The van der Waals surface area contributed by atoms with Crippen LogP contribution >= 0.6 is 0 Å². The molecule has 4 heteroatoms. The van der Waals surface area contributed by atoms with Crippen LogP contribution in [0.2, 0.25) is 0 Å². The van der Waals surface area contributed by atoms with Crippen LogP contribution in [-0.4, -0.2) is 43.5 Å². The predicted molar refractivity (Wildman–Crippen MR) is 64.7 cm³/mol. The van der Waals surface area contributed by atoms with Gasteiger partial charge in [0, 0.05) is 0 Å². The van der Waals surface area contributed by atoms with Gasteiger partial charge in [-0.15, -0.1) is 6.42 Å². The van der Waals surface area contributed by atoms with Crippen molar-refractivity contribution in [1.29, 1.82) is 0 Å². The van der Waals surface area contributed by atoms with Crippen molar-refractivity contribution in [2.45, 2.75) is 19.3 Å². The predicted octanol–water partition coefficient (Wildman–Crippen LogP) is -0.203. The van der Waals surface area contributed by atoms with Crippen molar-refractivity contribution in [2.75, 3.05) is 32.7 Å². The lowest BCUT2D eigenvalue weighted by atomic mass is 9.94. The zero-order valence-corrected chi connectivity index (χ0v) is 9.74. The van der Waals surface area contributed by atoms with Gasteiger partial charge in [0.15, 0.2) is 0 Å². The summed E-state index contributed by atoms with van der Waals surface area (Å²) in [6.45, 7) is 3.55. The van der Waals surface area contributed by atoms with E-state index in [0.29, 0.717) is 13.1 Å². The second-order valence-corrected chi connectivity index (χ2v) is 4.28. The molecule has 1 aliphatic heterocycles. The Kier molecular flexibility index (Phi) is 5.91. The Bertz CT molecular complexity index is 251. The summed E-state index contributed by atoms with van der Waals surface area (Å²) >= 11 is 0. The quantitative estimate of drug-likeness (QED) is 0.634. The van der Waals surface area contributed by atoms with Crippen LogP contribution in [0.1, 0.15) is 19.3 Å². The van der Waals surface area contributed by atoms with Gasteiger partial charge >= 0.3 is 0 Å². The number of nitrogens with two attached hydrogens (primary N) is 1. The minimum absolute atomic E-state index is 0.0234. The maximum absolute atomic E-state index is 11.4. The number of amides is 1. The lowest BCUT2D eigenvalue weighted by Crippen LogP contribution is -2.41. The maximum atomic E-state index is 11.4. The van der Waals surface area contributed by atoms with Crippen molar-refractivity contribution in [2.24, 2.45) is 11.7 Å². The van der Waals surface area contributed by atoms with Crippen LogP contribution in [-0.2, 0) is 4.79 Å². The molecule has 1 aliphatic rings. The highest BCUT2D eigenvalue weighted by atomic mass is 16.2. The Morgan fingerprint density at radius 3 is 2.75 bits per heavy atom. The Hall–Kier alpha value is -1.05. The molecule has 3 N–H and O–H groups in total. The lowest BCUT2D eigenvalue weighted by molar-refractivity contribution is -0.122. The lowest BCUT2D eigenvalue weighted by Gasteiger charge is -2.31. The number of carbonyl (C=O) groups is 1. The standard InChI is InChI=1S/C12H21N3O/c1-2-7-14-12(16)10-15-8-4-11(3-6-13)5-9-15/h1,11H,3-10,13H2,(H,14,16). The summed E-state index contributed by atoms with van der Waals surface area (Å²) in [6, 6.07) is 0. The molecule has 16 heavy (non-hydrogen) atoms. The molecule has 0 spiro atoms. The fourth-order valence-corrected chi connectivity index (χ4v) is 2.08. The first-order valence-corrected chi connectivity index (χ1v) is 5.89. The Morgan fingerprint density at radius 1 is 1.50 bits per heavy atom. The maximum Gasteiger partial charge on any atom is 0.234 e. The van der Waals surface area contributed by atoms with Gasteiger partial charge in [0.05, 0.1) is 13.1 Å². The first-order valence-electron chi connectivity index (χ1n) is 5.89. The third-order valence-corrected chi connectivity index (χ3v) is 3.04. The smallest absolute Gasteiger partial charge is 0.234 e. The molecule has 1 heterocycles. The summed E-state index contributed by atoms with van der Waals surface area (Å²) in [4.78, 5) is 13.6. The molecule has 0 unspecified atom stereocenters. The summed E-state index contributed by atoms with van der Waals surface area (Å²) in [6.07, 6.45) is 8.48. The number of hydrogen-bond donors (Lipinski definition) is 2. The van der Waals surface area contributed by atoms with Gasteiger partial charge in [-0.1, -0.05) is 5.92 Å². The molecule has 0 aromatic rings. The minimum atomic E-state index is 0.0234. The SMILES string of the molecule is C#CCNC(=O)CN1CCC(CCN)CC1. The summed E-state index contributed by atoms with van der Waals surface area (Å²) in [7, 11) is 0. The van der Waals surface area contributed by atoms with Gasteiger partial charge in [0.25, 0.3) is 0 Å². The number of carbonyl (C=O) groups excluding carboxylic acids is 1. The van der Waals surface area contributed by atoms with Crippen molar-refractivity contribution in [3.05, 3.63) is 0 Å². The van der Waals surface area contributed by atoms with E-state index >= 15 is 0 Å². The van der Waals surface area contributed by atoms with Crippen LogP contribution in [0.15, 0.2) is 0 Å². The van der Waals surface area contributed by atoms with Gasteiger partial charge in [-0.25, -0.2) is 0 Å². The van der Waals surface area contributed by atoms with Gasteiger partial charge < -0.3 is 11.1 Å². The summed E-state index contributed by atoms with van der Waals surface area (Å²) < 4.78 is 0. The van der Waals surface area contributed by atoms with Gasteiger partial charge in [-0.2, -0.15) is 0 Å². The molecule has 1 amide bonds. The largest absolute Gasteiger partial charge is 0.344 e. The molecule has 4 nitrogen and oxygen atoms in total. The van der Waals surface area contributed by atoms with E-state index in [2.05, 4.69) is 16.1 Å². The molecule has 0 aromatic heterocycles. The average Bonchev–Trinajstić information content (AvgIpc) is 2.29. The Labute approximate surface area is 97.6 Å². The molecule has 0 aromatic carbocycles. The second kappa shape index (κ2) is 7.26. The van der Waals surface area contributed by atoms with Crippen LogP contribution in [0.4, 0.5) is 0 Å². The molecule has 1 rings (SSSR count). The van der Waals surface area contributed by atoms with E-state index < -0.39 is 0 Å². The molecular weight excluding hydrogens is 202 g/mol. The topological polar surface area (TPSA) is 58.4 Å². The van der Waals surface area contributed by atoms with Gasteiger partial charge in [0.1, 0.15) is 0 Å². The molecule has 1 fully saturated rings. The van der Waals surface area contributed by atoms with Crippen LogP contribution in [0, 0.1) is 18.3 Å². The van der Waals surface area contributed by atoms with Gasteiger partial charge in [0.2, 0.25) is 5.91 Å². The van der Waals surface area contributed by atoms with E-state index in [0.717, 1.165) is 44.8 Å². The fourth-order valence-electron chi connectivity index (χ4n) is 2.08. The molecule has 90 valence electrons. The van der Waals surface area contributed by atoms with E-state index in [1.807, 2.05) is 0 Å². The van der Waals surface area contributed by atoms with Crippen LogP contribution in [0.25, 0.3) is 0 Å². The third kappa shape index (κ3) is 4.65. The molecule has 0 saturated carbocycles. The molecule has 0 atom stereocenters. The molecule has 0 radical (unpaired) electrons. The van der Waals surface area contributed by atoms with E-state index in [-0.39, 0.29) is 5.91 Å². The highest BCUT2D eigenvalue weighted by Gasteiger charge is 2.19. The molecular formula is C12H21N3O. The number of terminal acetylenes is 1. The fraction of sp³-hybridized carbons (Fsp3) is 0.750. The monoisotopic (exact) mass is 223 g/mol. The minimum Gasteiger partial charge on any atom is -0.344 e. The van der Waals surface area contributed by atoms with Gasteiger partial charge in [-0.05, 0) is 44.8 Å².